The zero-order valence-corrected chi connectivity index (χ0v) is 11.5. The molecule has 1 rings (SSSR count). The van der Waals surface area contributed by atoms with Gasteiger partial charge in [0.05, 0.1) is 13.2 Å². The molecule has 0 aliphatic carbocycles. The van der Waals surface area contributed by atoms with Crippen molar-refractivity contribution in [1.82, 2.24) is 5.32 Å². The number of aliphatic hydroxyl groups is 1. The summed E-state index contributed by atoms with van der Waals surface area (Å²) < 4.78 is 0. The van der Waals surface area contributed by atoms with Gasteiger partial charge in [0.1, 0.15) is 0 Å². The van der Waals surface area contributed by atoms with E-state index in [1.54, 1.807) is 0 Å². The van der Waals surface area contributed by atoms with E-state index in [0.717, 1.165) is 16.8 Å². The first-order valence-electron chi connectivity index (χ1n) is 6.15. The van der Waals surface area contributed by atoms with Crippen LogP contribution in [0.2, 0.25) is 0 Å². The van der Waals surface area contributed by atoms with E-state index in [-0.39, 0.29) is 18.6 Å². The van der Waals surface area contributed by atoms with Gasteiger partial charge in [-0.1, -0.05) is 6.07 Å². The average Bonchev–Trinajstić information content (AvgIpc) is 2.27. The van der Waals surface area contributed by atoms with Crippen molar-refractivity contribution >= 4 is 11.6 Å². The predicted octanol–water partition coefficient (Wildman–Crippen LogP) is 1.45. The van der Waals surface area contributed by atoms with Crippen LogP contribution < -0.4 is 10.2 Å². The third kappa shape index (κ3) is 4.04. The number of nitrogens with zero attached hydrogens (tertiary/aromatic N) is 1. The molecule has 0 spiro atoms. The van der Waals surface area contributed by atoms with Crippen LogP contribution in [0.3, 0.4) is 0 Å². The number of hydrogen-bond donors (Lipinski definition) is 2. The van der Waals surface area contributed by atoms with Gasteiger partial charge in [-0.2, -0.15) is 0 Å². The van der Waals surface area contributed by atoms with Crippen molar-refractivity contribution in [3.63, 3.8) is 0 Å². The Labute approximate surface area is 109 Å². The molecule has 4 nitrogen and oxygen atoms in total. The molecule has 0 heterocycles. The van der Waals surface area contributed by atoms with Crippen LogP contribution in [0.25, 0.3) is 0 Å². The molecular weight excluding hydrogens is 228 g/mol. The normalized spacial score (nSPS) is 10.6. The van der Waals surface area contributed by atoms with Crippen molar-refractivity contribution in [3.05, 3.63) is 29.3 Å². The highest BCUT2D eigenvalue weighted by Gasteiger charge is 2.09. The van der Waals surface area contributed by atoms with Crippen LogP contribution in [-0.2, 0) is 11.4 Å². The summed E-state index contributed by atoms with van der Waals surface area (Å²) in [5.74, 6) is 0.0105. The first-order chi connectivity index (χ1) is 8.43. The van der Waals surface area contributed by atoms with Gasteiger partial charge in [0.25, 0.3) is 0 Å². The zero-order valence-electron chi connectivity index (χ0n) is 11.5. The van der Waals surface area contributed by atoms with E-state index in [4.69, 9.17) is 5.11 Å². The third-order valence-corrected chi connectivity index (χ3v) is 2.77. The van der Waals surface area contributed by atoms with Gasteiger partial charge in [-0.25, -0.2) is 0 Å². The first kappa shape index (κ1) is 14.5. The molecule has 1 aromatic rings. The zero-order chi connectivity index (χ0) is 13.7. The van der Waals surface area contributed by atoms with Crippen LogP contribution in [0, 0.1) is 6.92 Å². The second-order valence-corrected chi connectivity index (χ2v) is 4.85. The maximum Gasteiger partial charge on any atom is 0.239 e. The molecule has 1 amide bonds. The minimum absolute atomic E-state index is 0.0105. The van der Waals surface area contributed by atoms with Crippen LogP contribution in [0.1, 0.15) is 25.0 Å². The fraction of sp³-hybridized carbons (Fsp3) is 0.500. The highest BCUT2D eigenvalue weighted by atomic mass is 16.3. The smallest absolute Gasteiger partial charge is 0.239 e. The Hall–Kier alpha value is -1.55. The van der Waals surface area contributed by atoms with E-state index < -0.39 is 0 Å². The number of nitrogens with one attached hydrogen (secondary N) is 1. The van der Waals surface area contributed by atoms with Gasteiger partial charge in [-0.15, -0.1) is 0 Å². The minimum atomic E-state index is 0.0105. The molecule has 100 valence electrons. The minimum Gasteiger partial charge on any atom is -0.392 e. The van der Waals surface area contributed by atoms with E-state index >= 15 is 0 Å². The fourth-order valence-corrected chi connectivity index (χ4v) is 1.77. The van der Waals surface area contributed by atoms with Crippen LogP contribution >= 0.6 is 0 Å². The summed E-state index contributed by atoms with van der Waals surface area (Å²) in [6, 6.07) is 5.95. The number of carbonyl (C=O) groups is 1. The first-order valence-corrected chi connectivity index (χ1v) is 6.15. The lowest BCUT2D eigenvalue weighted by Gasteiger charge is -2.20. The Morgan fingerprint density at radius 1 is 1.44 bits per heavy atom. The van der Waals surface area contributed by atoms with Gasteiger partial charge in [0.15, 0.2) is 0 Å². The number of amides is 1. The summed E-state index contributed by atoms with van der Waals surface area (Å²) in [5.41, 5.74) is 2.92. The molecule has 0 unspecified atom stereocenters. The van der Waals surface area contributed by atoms with Crippen molar-refractivity contribution in [2.24, 2.45) is 0 Å². The van der Waals surface area contributed by atoms with Crippen molar-refractivity contribution < 1.29 is 9.90 Å². The molecule has 1 aromatic carbocycles. The summed E-state index contributed by atoms with van der Waals surface area (Å²) in [6.07, 6.45) is 0. The van der Waals surface area contributed by atoms with Gasteiger partial charge in [0.2, 0.25) is 5.91 Å². The average molecular weight is 250 g/mol. The summed E-state index contributed by atoms with van der Waals surface area (Å²) in [6.45, 7) is 6.22. The number of benzene rings is 1. The quantitative estimate of drug-likeness (QED) is 0.831. The number of aryl methyl sites for hydroxylation is 1. The molecule has 0 atom stereocenters. The number of aliphatic hydroxyl groups excluding tert-OH is 1. The SMILES string of the molecule is Cc1cc(N(C)CC(=O)NC(C)C)ccc1CO. The Bertz CT molecular complexity index is 416. The maximum absolute atomic E-state index is 11.7. The summed E-state index contributed by atoms with van der Waals surface area (Å²) >= 11 is 0. The Balaban J connectivity index is 2.69. The van der Waals surface area contributed by atoms with Crippen LogP contribution in [0.15, 0.2) is 18.2 Å². The highest BCUT2D eigenvalue weighted by Crippen LogP contribution is 2.18. The number of rotatable bonds is 5. The lowest BCUT2D eigenvalue weighted by Crippen LogP contribution is -2.38. The Kier molecular flexibility index (Phi) is 5.16. The second kappa shape index (κ2) is 6.40. The summed E-state index contributed by atoms with van der Waals surface area (Å²) in [7, 11) is 1.88. The summed E-state index contributed by atoms with van der Waals surface area (Å²) in [4.78, 5) is 13.5. The second-order valence-electron chi connectivity index (χ2n) is 4.85. The fourth-order valence-electron chi connectivity index (χ4n) is 1.77. The molecule has 0 fully saturated rings. The summed E-state index contributed by atoms with van der Waals surface area (Å²) in [5, 5.41) is 12.0. The van der Waals surface area contributed by atoms with Crippen molar-refractivity contribution in [1.29, 1.82) is 0 Å². The molecule has 0 aromatic heterocycles. The van der Waals surface area contributed by atoms with Gasteiger partial charge in [-0.3, -0.25) is 4.79 Å². The van der Waals surface area contributed by atoms with E-state index in [2.05, 4.69) is 5.32 Å². The maximum atomic E-state index is 11.7. The van der Waals surface area contributed by atoms with Crippen LogP contribution in [0.5, 0.6) is 0 Å². The number of anilines is 1. The molecule has 0 bridgehead atoms. The molecule has 0 saturated heterocycles. The van der Waals surface area contributed by atoms with Crippen LogP contribution in [0.4, 0.5) is 5.69 Å². The lowest BCUT2D eigenvalue weighted by atomic mass is 10.1. The Morgan fingerprint density at radius 2 is 2.11 bits per heavy atom. The van der Waals surface area contributed by atoms with Gasteiger partial charge in [0, 0.05) is 18.8 Å². The van der Waals surface area contributed by atoms with Gasteiger partial charge < -0.3 is 15.3 Å². The van der Waals surface area contributed by atoms with E-state index in [9.17, 15) is 4.79 Å². The molecule has 2 N–H and O–H groups in total. The highest BCUT2D eigenvalue weighted by molar-refractivity contribution is 5.81. The van der Waals surface area contributed by atoms with E-state index in [0.29, 0.717) is 6.54 Å². The molecular formula is C14H22N2O2. The van der Waals surface area contributed by atoms with E-state index in [1.807, 2.05) is 50.9 Å². The van der Waals surface area contributed by atoms with Gasteiger partial charge in [-0.05, 0) is 44.0 Å². The molecule has 0 radical (unpaired) electrons. The molecule has 0 aliphatic heterocycles. The third-order valence-electron chi connectivity index (χ3n) is 2.77. The molecule has 18 heavy (non-hydrogen) atoms. The van der Waals surface area contributed by atoms with Crippen LogP contribution in [-0.4, -0.2) is 30.6 Å². The largest absolute Gasteiger partial charge is 0.392 e. The monoisotopic (exact) mass is 250 g/mol. The topological polar surface area (TPSA) is 52.6 Å². The van der Waals surface area contributed by atoms with Crippen molar-refractivity contribution in [2.45, 2.75) is 33.4 Å². The molecule has 0 saturated carbocycles. The van der Waals surface area contributed by atoms with Crippen molar-refractivity contribution in [2.75, 3.05) is 18.5 Å². The number of hydrogen-bond acceptors (Lipinski definition) is 3. The number of carbonyl (C=O) groups excluding carboxylic acids is 1. The van der Waals surface area contributed by atoms with Crippen molar-refractivity contribution in [3.8, 4) is 0 Å². The molecule has 0 aliphatic rings. The predicted molar refractivity (Wildman–Crippen MR) is 73.7 cm³/mol. The number of likely N-dealkylation sites (N-methyl/N-ethyl adjacent to an activating group) is 1. The lowest BCUT2D eigenvalue weighted by molar-refractivity contribution is -0.120. The van der Waals surface area contributed by atoms with Gasteiger partial charge >= 0.3 is 0 Å². The molecule has 4 heteroatoms. The Morgan fingerprint density at radius 3 is 2.61 bits per heavy atom. The standard InChI is InChI=1S/C14H22N2O2/c1-10(2)15-14(18)8-16(4)13-6-5-12(9-17)11(3)7-13/h5-7,10,17H,8-9H2,1-4H3,(H,15,18). The van der Waals surface area contributed by atoms with E-state index in [1.165, 1.54) is 0 Å².